The van der Waals surface area contributed by atoms with Gasteiger partial charge in [-0.2, -0.15) is 4.98 Å². The van der Waals surface area contributed by atoms with Crippen LogP contribution in [0.4, 0.5) is 10.1 Å². The van der Waals surface area contributed by atoms with Crippen LogP contribution in [0.3, 0.4) is 0 Å². The Labute approximate surface area is 199 Å². The van der Waals surface area contributed by atoms with Crippen molar-refractivity contribution in [2.75, 3.05) is 11.1 Å². The normalized spacial score (nSPS) is 11.8. The maximum atomic E-state index is 13.9. The minimum atomic E-state index is -0.481. The lowest BCUT2D eigenvalue weighted by molar-refractivity contribution is -0.113. The Bertz CT molecular complexity index is 1350. The van der Waals surface area contributed by atoms with E-state index in [-0.39, 0.29) is 17.3 Å². The molecule has 2 heterocycles. The van der Waals surface area contributed by atoms with Gasteiger partial charge in [0.25, 0.3) is 0 Å². The van der Waals surface area contributed by atoms with E-state index in [9.17, 15) is 9.18 Å². The molecule has 5 rings (SSSR count). The predicted octanol–water partition coefficient (Wildman–Crippen LogP) is 6.36. The minimum absolute atomic E-state index is 0.0551. The van der Waals surface area contributed by atoms with Crippen LogP contribution >= 0.6 is 23.4 Å². The zero-order valence-electron chi connectivity index (χ0n) is 17.2. The average molecular weight is 478 g/mol. The monoisotopic (exact) mass is 477 g/mol. The zero-order valence-corrected chi connectivity index (χ0v) is 18.8. The van der Waals surface area contributed by atoms with Crippen LogP contribution in [0, 0.1) is 5.82 Å². The molecular weight excluding hydrogens is 461 g/mol. The first kappa shape index (κ1) is 21.4. The summed E-state index contributed by atoms with van der Waals surface area (Å²) >= 11 is 7.29. The third-order valence-corrected chi connectivity index (χ3v) is 6.34. The van der Waals surface area contributed by atoms with Crippen LogP contribution in [0.1, 0.15) is 11.1 Å². The van der Waals surface area contributed by atoms with Gasteiger partial charge < -0.3 is 10.1 Å². The second-order valence-electron chi connectivity index (χ2n) is 7.35. The molecule has 0 fully saturated rings. The molecule has 3 aromatic carbocycles. The van der Waals surface area contributed by atoms with E-state index in [1.165, 1.54) is 23.9 Å². The summed E-state index contributed by atoms with van der Waals surface area (Å²) < 4.78 is 20.0. The molecule has 4 aromatic rings. The molecular formula is C25H17ClFN3O2S. The van der Waals surface area contributed by atoms with Crippen LogP contribution in [0.15, 0.2) is 77.8 Å². The van der Waals surface area contributed by atoms with E-state index in [1.807, 2.05) is 36.4 Å². The van der Waals surface area contributed by atoms with E-state index in [0.717, 1.165) is 22.4 Å². The Kier molecular flexibility index (Phi) is 5.98. The molecule has 0 saturated heterocycles. The van der Waals surface area contributed by atoms with Crippen molar-refractivity contribution in [2.45, 2.75) is 11.4 Å². The molecule has 1 aliphatic heterocycles. The highest BCUT2D eigenvalue weighted by atomic mass is 35.5. The van der Waals surface area contributed by atoms with Crippen molar-refractivity contribution in [1.82, 2.24) is 9.97 Å². The fourth-order valence-electron chi connectivity index (χ4n) is 3.45. The van der Waals surface area contributed by atoms with Crippen LogP contribution in [0.5, 0.6) is 11.6 Å². The maximum Gasteiger partial charge on any atom is 0.234 e. The summed E-state index contributed by atoms with van der Waals surface area (Å²) in [6.45, 7) is 0. The molecule has 0 spiro atoms. The van der Waals surface area contributed by atoms with Crippen LogP contribution in [-0.2, 0) is 11.2 Å². The summed E-state index contributed by atoms with van der Waals surface area (Å²) in [6.07, 6.45) is 0.587. The van der Waals surface area contributed by atoms with Gasteiger partial charge in [-0.05, 0) is 48.0 Å². The molecule has 1 N–H and O–H groups in total. The highest BCUT2D eigenvalue weighted by molar-refractivity contribution is 8.00. The topological polar surface area (TPSA) is 64.1 Å². The van der Waals surface area contributed by atoms with E-state index in [4.69, 9.17) is 21.3 Å². The standard InChI is InChI=1S/C25H17ClFN3O2S/c26-17-11-9-15(10-12-17)23-29-24-18(13-16-5-1-4-8-21(16)32-24)25(30-23)33-14-22(31)28-20-7-3-2-6-19(20)27/h1-12H,13-14H2,(H,28,31). The van der Waals surface area contributed by atoms with Gasteiger partial charge in [-0.25, -0.2) is 9.37 Å². The third kappa shape index (κ3) is 4.69. The van der Waals surface area contributed by atoms with Crippen LogP contribution in [-0.4, -0.2) is 21.6 Å². The molecule has 5 nitrogen and oxygen atoms in total. The van der Waals surface area contributed by atoms with Crippen molar-refractivity contribution < 1.29 is 13.9 Å². The number of carbonyl (C=O) groups is 1. The number of nitrogens with zero attached hydrogens (tertiary/aromatic N) is 2. The van der Waals surface area contributed by atoms with Crippen molar-refractivity contribution in [3.05, 3.63) is 94.8 Å². The summed E-state index contributed by atoms with van der Waals surface area (Å²) in [7, 11) is 0. The van der Waals surface area contributed by atoms with E-state index in [0.29, 0.717) is 28.2 Å². The number of anilines is 1. The number of thioether (sulfide) groups is 1. The first-order valence-electron chi connectivity index (χ1n) is 10.2. The van der Waals surface area contributed by atoms with Crippen molar-refractivity contribution >= 4 is 35.0 Å². The minimum Gasteiger partial charge on any atom is -0.438 e. The van der Waals surface area contributed by atoms with E-state index in [2.05, 4.69) is 10.3 Å². The maximum absolute atomic E-state index is 13.9. The molecule has 1 amide bonds. The second kappa shape index (κ2) is 9.21. The highest BCUT2D eigenvalue weighted by Crippen LogP contribution is 2.40. The molecule has 0 bridgehead atoms. The lowest BCUT2D eigenvalue weighted by Crippen LogP contribution is -2.16. The summed E-state index contributed by atoms with van der Waals surface area (Å²) in [5.41, 5.74) is 2.76. The molecule has 1 aromatic heterocycles. The number of hydrogen-bond acceptors (Lipinski definition) is 5. The number of amides is 1. The predicted molar refractivity (Wildman–Crippen MR) is 128 cm³/mol. The Morgan fingerprint density at radius 3 is 2.61 bits per heavy atom. The first-order chi connectivity index (χ1) is 16.1. The molecule has 1 aliphatic rings. The molecule has 0 radical (unpaired) electrons. The number of para-hydroxylation sites is 2. The fraction of sp³-hybridized carbons (Fsp3) is 0.0800. The van der Waals surface area contributed by atoms with E-state index in [1.54, 1.807) is 24.3 Å². The Morgan fingerprint density at radius 1 is 1.03 bits per heavy atom. The summed E-state index contributed by atoms with van der Waals surface area (Å²) in [6, 6.07) is 21.0. The number of hydrogen-bond donors (Lipinski definition) is 1. The zero-order chi connectivity index (χ0) is 22.8. The lowest BCUT2D eigenvalue weighted by Gasteiger charge is -2.21. The second-order valence-corrected chi connectivity index (χ2v) is 8.75. The summed E-state index contributed by atoms with van der Waals surface area (Å²) in [4.78, 5) is 21.9. The number of benzene rings is 3. The smallest absolute Gasteiger partial charge is 0.234 e. The number of fused-ring (bicyclic) bond motifs is 2. The highest BCUT2D eigenvalue weighted by Gasteiger charge is 2.24. The number of nitrogens with one attached hydrogen (secondary N) is 1. The molecule has 8 heteroatoms. The van der Waals surface area contributed by atoms with Gasteiger partial charge in [0.2, 0.25) is 11.8 Å². The molecule has 164 valence electrons. The van der Waals surface area contributed by atoms with Crippen LogP contribution < -0.4 is 10.1 Å². The first-order valence-corrected chi connectivity index (χ1v) is 11.5. The number of ether oxygens (including phenoxy) is 1. The Morgan fingerprint density at radius 2 is 1.79 bits per heavy atom. The number of aromatic nitrogens is 2. The van der Waals surface area contributed by atoms with Gasteiger partial charge >= 0.3 is 0 Å². The van der Waals surface area contributed by atoms with Crippen molar-refractivity contribution in [2.24, 2.45) is 0 Å². The number of rotatable bonds is 5. The fourth-order valence-corrected chi connectivity index (χ4v) is 4.40. The quantitative estimate of drug-likeness (QED) is 0.235. The largest absolute Gasteiger partial charge is 0.438 e. The molecule has 0 atom stereocenters. The Balaban J connectivity index is 1.45. The van der Waals surface area contributed by atoms with Gasteiger partial charge in [0.15, 0.2) is 5.82 Å². The van der Waals surface area contributed by atoms with Gasteiger partial charge in [-0.1, -0.05) is 53.7 Å². The average Bonchev–Trinajstić information content (AvgIpc) is 2.83. The van der Waals surface area contributed by atoms with Crippen molar-refractivity contribution in [3.63, 3.8) is 0 Å². The van der Waals surface area contributed by atoms with Crippen molar-refractivity contribution in [3.8, 4) is 23.0 Å². The van der Waals surface area contributed by atoms with Crippen LogP contribution in [0.25, 0.3) is 11.4 Å². The van der Waals surface area contributed by atoms with Gasteiger partial charge in [-0.3, -0.25) is 4.79 Å². The van der Waals surface area contributed by atoms with Gasteiger partial charge in [0.05, 0.1) is 17.0 Å². The SMILES string of the molecule is O=C(CSc1nc(-c2ccc(Cl)cc2)nc2c1Cc1ccccc1O2)Nc1ccccc1F. The third-order valence-electron chi connectivity index (χ3n) is 5.07. The van der Waals surface area contributed by atoms with Gasteiger partial charge in [0, 0.05) is 17.0 Å². The van der Waals surface area contributed by atoms with Gasteiger partial charge in [0.1, 0.15) is 16.6 Å². The number of carbonyl (C=O) groups excluding carboxylic acids is 1. The van der Waals surface area contributed by atoms with Gasteiger partial charge in [-0.15, -0.1) is 0 Å². The lowest BCUT2D eigenvalue weighted by atomic mass is 10.0. The summed E-state index contributed by atoms with van der Waals surface area (Å²) in [5.74, 6) is 0.929. The summed E-state index contributed by atoms with van der Waals surface area (Å²) in [5, 5.41) is 3.86. The Hall–Kier alpha value is -3.42. The molecule has 33 heavy (non-hydrogen) atoms. The molecule has 0 saturated carbocycles. The molecule has 0 unspecified atom stereocenters. The van der Waals surface area contributed by atoms with E-state index < -0.39 is 5.82 Å². The van der Waals surface area contributed by atoms with Crippen LogP contribution in [0.2, 0.25) is 5.02 Å². The molecule has 0 aliphatic carbocycles. The number of halogens is 2. The van der Waals surface area contributed by atoms with Crippen molar-refractivity contribution in [1.29, 1.82) is 0 Å². The van der Waals surface area contributed by atoms with E-state index >= 15 is 0 Å².